The summed E-state index contributed by atoms with van der Waals surface area (Å²) in [6, 6.07) is 1.18. The molecular formula is C15H20F3N3O2. The third kappa shape index (κ3) is 3.59. The average molecular weight is 331 g/mol. The molecule has 1 aliphatic heterocycles. The fourth-order valence-electron chi connectivity index (χ4n) is 3.46. The zero-order chi connectivity index (χ0) is 17.3. The molecule has 23 heavy (non-hydrogen) atoms. The fraction of sp³-hybridized carbons (Fsp3) is 0.800. The van der Waals surface area contributed by atoms with Crippen LogP contribution in [0.3, 0.4) is 0 Å². The Kier molecular flexibility index (Phi) is 4.87. The van der Waals surface area contributed by atoms with Crippen LogP contribution in [0, 0.1) is 16.7 Å². The number of hydrogen-bond donors (Lipinski definition) is 0. The van der Waals surface area contributed by atoms with Gasteiger partial charge in [0.1, 0.15) is 18.0 Å². The molecule has 2 fully saturated rings. The monoisotopic (exact) mass is 331 g/mol. The minimum absolute atomic E-state index is 0.0276. The first-order valence-electron chi connectivity index (χ1n) is 7.74. The summed E-state index contributed by atoms with van der Waals surface area (Å²) in [6.45, 7) is -1.33. The predicted molar refractivity (Wildman–Crippen MR) is 74.9 cm³/mol. The highest BCUT2D eigenvalue weighted by Gasteiger charge is 2.47. The third-order valence-electron chi connectivity index (χ3n) is 4.76. The van der Waals surface area contributed by atoms with Gasteiger partial charge in [0.25, 0.3) is 0 Å². The van der Waals surface area contributed by atoms with Gasteiger partial charge < -0.3 is 9.80 Å². The van der Waals surface area contributed by atoms with Crippen LogP contribution in [0.4, 0.5) is 13.2 Å². The number of likely N-dealkylation sites (N-methyl/N-ethyl adjacent to an activating group) is 1. The number of hydrogen-bond acceptors (Lipinski definition) is 3. The van der Waals surface area contributed by atoms with Crippen molar-refractivity contribution in [3.8, 4) is 6.07 Å². The van der Waals surface area contributed by atoms with Gasteiger partial charge in [-0.15, -0.1) is 0 Å². The fourth-order valence-corrected chi connectivity index (χ4v) is 3.46. The summed E-state index contributed by atoms with van der Waals surface area (Å²) in [7, 11) is 1.41. The summed E-state index contributed by atoms with van der Waals surface area (Å²) in [4.78, 5) is 26.8. The highest BCUT2D eigenvalue weighted by Crippen LogP contribution is 2.38. The molecule has 2 amide bonds. The zero-order valence-electron chi connectivity index (χ0n) is 13.0. The molecule has 0 unspecified atom stereocenters. The van der Waals surface area contributed by atoms with Crippen LogP contribution in [-0.2, 0) is 9.59 Å². The molecule has 0 radical (unpaired) electrons. The van der Waals surface area contributed by atoms with E-state index in [4.69, 9.17) is 0 Å². The summed E-state index contributed by atoms with van der Waals surface area (Å²) in [5, 5.41) is 9.43. The number of amides is 2. The number of nitrogens with zero attached hydrogens (tertiary/aromatic N) is 3. The summed E-state index contributed by atoms with van der Waals surface area (Å²) in [5.74, 6) is -1.13. The van der Waals surface area contributed by atoms with Crippen molar-refractivity contribution >= 4 is 11.8 Å². The molecule has 1 atom stereocenters. The van der Waals surface area contributed by atoms with Gasteiger partial charge in [0, 0.05) is 13.6 Å². The van der Waals surface area contributed by atoms with Crippen molar-refractivity contribution in [1.82, 2.24) is 9.80 Å². The van der Waals surface area contributed by atoms with Crippen molar-refractivity contribution in [3.05, 3.63) is 0 Å². The zero-order valence-corrected chi connectivity index (χ0v) is 13.0. The van der Waals surface area contributed by atoms with Crippen molar-refractivity contribution in [3.63, 3.8) is 0 Å². The molecule has 0 N–H and O–H groups in total. The molecule has 128 valence electrons. The Labute approximate surface area is 133 Å². The summed E-state index contributed by atoms with van der Waals surface area (Å²) in [5.41, 5.74) is -1.13. The van der Waals surface area contributed by atoms with Crippen molar-refractivity contribution in [2.24, 2.45) is 5.41 Å². The average Bonchev–Trinajstić information content (AvgIpc) is 2.85. The Morgan fingerprint density at radius 2 is 2.00 bits per heavy atom. The van der Waals surface area contributed by atoms with Crippen molar-refractivity contribution in [2.45, 2.75) is 50.7 Å². The first-order chi connectivity index (χ1) is 10.7. The van der Waals surface area contributed by atoms with Crippen LogP contribution in [-0.4, -0.2) is 54.0 Å². The van der Waals surface area contributed by atoms with E-state index in [1.54, 1.807) is 0 Å². The van der Waals surface area contributed by atoms with E-state index < -0.39 is 36.0 Å². The van der Waals surface area contributed by atoms with E-state index >= 15 is 0 Å². The van der Waals surface area contributed by atoms with Crippen LogP contribution in [0.2, 0.25) is 0 Å². The molecule has 1 aliphatic carbocycles. The lowest BCUT2D eigenvalue weighted by atomic mass is 9.74. The van der Waals surface area contributed by atoms with Crippen LogP contribution in [0.1, 0.15) is 38.5 Å². The van der Waals surface area contributed by atoms with E-state index in [1.807, 2.05) is 0 Å². The van der Waals surface area contributed by atoms with E-state index in [9.17, 15) is 28.0 Å². The molecule has 2 aliphatic rings. The Balaban J connectivity index is 2.08. The number of carbonyl (C=O) groups excluding carboxylic acids is 2. The van der Waals surface area contributed by atoms with Crippen molar-refractivity contribution in [1.29, 1.82) is 5.26 Å². The van der Waals surface area contributed by atoms with E-state index in [1.165, 1.54) is 11.9 Å². The highest BCUT2D eigenvalue weighted by molar-refractivity contribution is 5.92. The van der Waals surface area contributed by atoms with Gasteiger partial charge >= 0.3 is 6.18 Å². The number of alkyl halides is 3. The SMILES string of the molecule is CN(C(=O)C1(C#N)CCCCC1)[C@H]1CCN(CC(F)(F)F)C1=O. The largest absolute Gasteiger partial charge is 0.406 e. The molecule has 0 spiro atoms. The topological polar surface area (TPSA) is 64.4 Å². The maximum atomic E-state index is 12.7. The van der Waals surface area contributed by atoms with E-state index in [0.29, 0.717) is 12.8 Å². The lowest BCUT2D eigenvalue weighted by Crippen LogP contribution is -2.50. The maximum Gasteiger partial charge on any atom is 0.406 e. The van der Waals surface area contributed by atoms with Crippen LogP contribution < -0.4 is 0 Å². The first kappa shape index (κ1) is 17.6. The first-order valence-corrected chi connectivity index (χ1v) is 7.74. The third-order valence-corrected chi connectivity index (χ3v) is 4.76. The van der Waals surface area contributed by atoms with Gasteiger partial charge in [-0.2, -0.15) is 18.4 Å². The van der Waals surface area contributed by atoms with Gasteiger partial charge in [0.05, 0.1) is 6.07 Å². The Hall–Kier alpha value is -1.78. The maximum absolute atomic E-state index is 12.7. The van der Waals surface area contributed by atoms with Crippen LogP contribution in [0.25, 0.3) is 0 Å². The Morgan fingerprint density at radius 1 is 1.39 bits per heavy atom. The lowest BCUT2D eigenvalue weighted by Gasteiger charge is -2.35. The van der Waals surface area contributed by atoms with Crippen molar-refractivity contribution in [2.75, 3.05) is 20.1 Å². The summed E-state index contributed by atoms with van der Waals surface area (Å²) < 4.78 is 37.4. The quantitative estimate of drug-likeness (QED) is 0.795. The molecule has 2 rings (SSSR count). The van der Waals surface area contributed by atoms with E-state index in [2.05, 4.69) is 6.07 Å². The normalized spacial score (nSPS) is 24.4. The smallest absolute Gasteiger partial charge is 0.332 e. The van der Waals surface area contributed by atoms with Gasteiger partial charge in [0.15, 0.2) is 0 Å². The molecular weight excluding hydrogens is 311 g/mol. The lowest BCUT2D eigenvalue weighted by molar-refractivity contribution is -0.160. The summed E-state index contributed by atoms with van der Waals surface area (Å²) >= 11 is 0. The standard InChI is InChI=1S/C15H20F3N3O2/c1-20(13(23)14(9-19)6-3-2-4-7-14)11-5-8-21(12(11)22)10-15(16,17)18/h11H,2-8,10H2,1H3/t11-/m0/s1. The van der Waals surface area contributed by atoms with Gasteiger partial charge in [-0.1, -0.05) is 19.3 Å². The van der Waals surface area contributed by atoms with Crippen molar-refractivity contribution < 1.29 is 22.8 Å². The number of nitriles is 1. The molecule has 1 saturated heterocycles. The van der Waals surface area contributed by atoms with Gasteiger partial charge in [0.2, 0.25) is 11.8 Å². The summed E-state index contributed by atoms with van der Waals surface area (Å²) in [6.07, 6.45) is -0.900. The Bertz CT molecular complexity index is 521. The Morgan fingerprint density at radius 3 is 2.52 bits per heavy atom. The van der Waals surface area contributed by atoms with E-state index in [-0.39, 0.29) is 13.0 Å². The molecule has 5 nitrogen and oxygen atoms in total. The molecule has 0 aromatic rings. The second kappa shape index (κ2) is 6.38. The van der Waals surface area contributed by atoms with E-state index in [0.717, 1.165) is 24.2 Å². The van der Waals surface area contributed by atoms with Gasteiger partial charge in [-0.25, -0.2) is 0 Å². The highest BCUT2D eigenvalue weighted by atomic mass is 19.4. The second-order valence-electron chi connectivity index (χ2n) is 6.35. The number of likely N-dealkylation sites (tertiary alicyclic amines) is 1. The molecule has 0 bridgehead atoms. The molecule has 1 saturated carbocycles. The van der Waals surface area contributed by atoms with Gasteiger partial charge in [-0.3, -0.25) is 9.59 Å². The predicted octanol–water partition coefficient (Wildman–Crippen LogP) is 2.08. The number of carbonyl (C=O) groups is 2. The van der Waals surface area contributed by atoms with Crippen LogP contribution >= 0.6 is 0 Å². The second-order valence-corrected chi connectivity index (χ2v) is 6.35. The minimum Gasteiger partial charge on any atom is -0.332 e. The van der Waals surface area contributed by atoms with Gasteiger partial charge in [-0.05, 0) is 19.3 Å². The minimum atomic E-state index is -4.45. The molecule has 0 aromatic carbocycles. The molecule has 1 heterocycles. The number of halogens is 3. The molecule has 8 heteroatoms. The number of rotatable bonds is 3. The molecule has 0 aromatic heterocycles. The van der Waals surface area contributed by atoms with Crippen LogP contribution in [0.15, 0.2) is 0 Å². The van der Waals surface area contributed by atoms with Crippen LogP contribution in [0.5, 0.6) is 0 Å².